The number of hydrogen-bond acceptors (Lipinski definition) is 6. The number of rotatable bonds is 12. The van der Waals surface area contributed by atoms with Crippen LogP contribution in [0, 0.1) is 5.92 Å². The Morgan fingerprint density at radius 2 is 1.84 bits per heavy atom. The van der Waals surface area contributed by atoms with Gasteiger partial charge in [-0.1, -0.05) is 13.8 Å². The van der Waals surface area contributed by atoms with Crippen LogP contribution >= 0.6 is 0 Å². The number of hydrogen-bond donors (Lipinski definition) is 5. The SMILES string of the molecule is CC(C)CC(NC(=O)C(CCCCN)NC(=O)C1CCCN1)C(=O)N1CCCC1C(=O)O. The highest BCUT2D eigenvalue weighted by atomic mass is 16.4. The van der Waals surface area contributed by atoms with Crippen LogP contribution in [-0.2, 0) is 19.2 Å². The molecule has 2 heterocycles. The molecule has 0 aliphatic carbocycles. The van der Waals surface area contributed by atoms with Gasteiger partial charge in [0.2, 0.25) is 17.7 Å². The third kappa shape index (κ3) is 7.44. The fourth-order valence-electron chi connectivity index (χ4n) is 4.39. The molecule has 2 saturated heterocycles. The van der Waals surface area contributed by atoms with Gasteiger partial charge in [0, 0.05) is 6.54 Å². The van der Waals surface area contributed by atoms with Crippen molar-refractivity contribution >= 4 is 23.7 Å². The fourth-order valence-corrected chi connectivity index (χ4v) is 4.39. The van der Waals surface area contributed by atoms with Crippen LogP contribution in [0.25, 0.3) is 0 Å². The first-order valence-electron chi connectivity index (χ1n) is 11.8. The molecular formula is C22H39N5O5. The van der Waals surface area contributed by atoms with Crippen LogP contribution in [0.5, 0.6) is 0 Å². The molecule has 0 spiro atoms. The number of carboxylic acids is 1. The Bertz CT molecular complexity index is 665. The van der Waals surface area contributed by atoms with E-state index >= 15 is 0 Å². The van der Waals surface area contributed by atoms with Gasteiger partial charge >= 0.3 is 5.97 Å². The maximum absolute atomic E-state index is 13.2. The molecule has 0 aromatic carbocycles. The molecule has 10 heteroatoms. The summed E-state index contributed by atoms with van der Waals surface area (Å²) in [6.45, 7) is 5.51. The Morgan fingerprint density at radius 3 is 2.44 bits per heavy atom. The van der Waals surface area contributed by atoms with Crippen molar-refractivity contribution < 1.29 is 24.3 Å². The first kappa shape index (κ1) is 26.1. The van der Waals surface area contributed by atoms with Crippen molar-refractivity contribution in [3.63, 3.8) is 0 Å². The first-order chi connectivity index (χ1) is 15.2. The summed E-state index contributed by atoms with van der Waals surface area (Å²) in [7, 11) is 0. The zero-order chi connectivity index (χ0) is 23.7. The largest absolute Gasteiger partial charge is 0.480 e. The van der Waals surface area contributed by atoms with E-state index in [9.17, 15) is 24.3 Å². The van der Waals surface area contributed by atoms with E-state index in [1.54, 1.807) is 0 Å². The second-order valence-corrected chi connectivity index (χ2v) is 9.21. The predicted octanol–water partition coefficient (Wildman–Crippen LogP) is -0.0413. The summed E-state index contributed by atoms with van der Waals surface area (Å²) in [5.74, 6) is -1.92. The van der Waals surface area contributed by atoms with Crippen LogP contribution in [0.3, 0.4) is 0 Å². The standard InChI is InChI=1S/C22H39N5O5/c1-14(2)13-17(21(30)27-12-6-9-18(27)22(31)32)26-20(29)16(7-3-4-10-23)25-19(28)15-8-5-11-24-15/h14-18,24H,3-13,23H2,1-2H3,(H,25,28)(H,26,29)(H,31,32). The average Bonchev–Trinajstić information content (AvgIpc) is 3.43. The lowest BCUT2D eigenvalue weighted by Crippen LogP contribution is -2.57. The second-order valence-electron chi connectivity index (χ2n) is 9.21. The van der Waals surface area contributed by atoms with Crippen LogP contribution in [0.1, 0.15) is 65.2 Å². The van der Waals surface area contributed by atoms with Crippen LogP contribution in [0.2, 0.25) is 0 Å². The zero-order valence-corrected chi connectivity index (χ0v) is 19.3. The lowest BCUT2D eigenvalue weighted by molar-refractivity contribution is -0.149. The number of nitrogens with two attached hydrogens (primary N) is 1. The molecule has 32 heavy (non-hydrogen) atoms. The third-order valence-corrected chi connectivity index (χ3v) is 6.10. The number of nitrogens with zero attached hydrogens (tertiary/aromatic N) is 1. The van der Waals surface area contributed by atoms with E-state index in [4.69, 9.17) is 5.73 Å². The van der Waals surface area contributed by atoms with E-state index in [2.05, 4.69) is 16.0 Å². The number of likely N-dealkylation sites (tertiary alicyclic amines) is 1. The molecule has 0 aromatic rings. The van der Waals surface area contributed by atoms with Crippen LogP contribution < -0.4 is 21.7 Å². The highest BCUT2D eigenvalue weighted by Crippen LogP contribution is 2.20. The highest BCUT2D eigenvalue weighted by Gasteiger charge is 2.38. The van der Waals surface area contributed by atoms with Gasteiger partial charge in [-0.15, -0.1) is 0 Å². The minimum atomic E-state index is -1.03. The summed E-state index contributed by atoms with van der Waals surface area (Å²) in [4.78, 5) is 51.8. The number of carboxylic acid groups (broad SMARTS) is 1. The average molecular weight is 454 g/mol. The van der Waals surface area contributed by atoms with Gasteiger partial charge in [0.1, 0.15) is 18.1 Å². The van der Waals surface area contributed by atoms with E-state index in [1.807, 2.05) is 13.8 Å². The Morgan fingerprint density at radius 1 is 1.09 bits per heavy atom. The molecule has 182 valence electrons. The molecule has 0 saturated carbocycles. The molecule has 0 radical (unpaired) electrons. The third-order valence-electron chi connectivity index (χ3n) is 6.10. The Labute approximate surface area is 190 Å². The summed E-state index contributed by atoms with van der Waals surface area (Å²) in [5, 5.41) is 18.2. The minimum absolute atomic E-state index is 0.114. The lowest BCUT2D eigenvalue weighted by Gasteiger charge is -2.29. The predicted molar refractivity (Wildman–Crippen MR) is 120 cm³/mol. The van der Waals surface area contributed by atoms with Gasteiger partial charge in [-0.2, -0.15) is 0 Å². The second kappa shape index (κ2) is 12.7. The highest BCUT2D eigenvalue weighted by molar-refractivity contribution is 5.94. The van der Waals surface area contributed by atoms with Crippen LogP contribution in [0.4, 0.5) is 0 Å². The van der Waals surface area contributed by atoms with Gasteiger partial charge in [0.05, 0.1) is 6.04 Å². The summed E-state index contributed by atoms with van der Waals surface area (Å²) in [5.41, 5.74) is 5.58. The monoisotopic (exact) mass is 453 g/mol. The van der Waals surface area contributed by atoms with Gasteiger partial charge in [-0.3, -0.25) is 14.4 Å². The fraction of sp³-hybridized carbons (Fsp3) is 0.818. The van der Waals surface area contributed by atoms with Crippen molar-refractivity contribution in [1.82, 2.24) is 20.9 Å². The van der Waals surface area contributed by atoms with Crippen LogP contribution in [-0.4, -0.2) is 77.5 Å². The van der Waals surface area contributed by atoms with Crippen molar-refractivity contribution in [2.75, 3.05) is 19.6 Å². The number of amides is 3. The molecule has 4 unspecified atom stereocenters. The number of nitrogens with one attached hydrogen (secondary N) is 3. The number of carbonyl (C=O) groups excluding carboxylic acids is 3. The smallest absolute Gasteiger partial charge is 0.326 e. The molecule has 2 aliphatic rings. The molecule has 10 nitrogen and oxygen atoms in total. The number of unbranched alkanes of at least 4 members (excludes halogenated alkanes) is 1. The van der Waals surface area contributed by atoms with Gasteiger partial charge in [-0.05, 0) is 70.4 Å². The summed E-state index contributed by atoms with van der Waals surface area (Å²) in [6.07, 6.45) is 4.88. The lowest BCUT2D eigenvalue weighted by atomic mass is 10.0. The van der Waals surface area contributed by atoms with Crippen LogP contribution in [0.15, 0.2) is 0 Å². The molecule has 4 atom stereocenters. The zero-order valence-electron chi connectivity index (χ0n) is 19.3. The molecule has 2 aliphatic heterocycles. The molecule has 6 N–H and O–H groups in total. The Balaban J connectivity index is 2.10. The Kier molecular flexibility index (Phi) is 10.4. The van der Waals surface area contributed by atoms with Gasteiger partial charge in [0.15, 0.2) is 0 Å². The molecule has 2 rings (SSSR count). The molecule has 0 bridgehead atoms. The minimum Gasteiger partial charge on any atom is -0.480 e. The quantitative estimate of drug-likeness (QED) is 0.260. The summed E-state index contributed by atoms with van der Waals surface area (Å²) < 4.78 is 0. The normalized spacial score (nSPS) is 22.6. The number of aliphatic carboxylic acids is 1. The first-order valence-corrected chi connectivity index (χ1v) is 11.8. The van der Waals surface area contributed by atoms with Gasteiger partial charge in [-0.25, -0.2) is 4.79 Å². The maximum atomic E-state index is 13.2. The molecular weight excluding hydrogens is 414 g/mol. The molecule has 3 amide bonds. The van der Waals surface area contributed by atoms with Crippen molar-refractivity contribution in [3.05, 3.63) is 0 Å². The van der Waals surface area contributed by atoms with E-state index in [1.165, 1.54) is 4.90 Å². The number of carbonyl (C=O) groups is 4. The maximum Gasteiger partial charge on any atom is 0.326 e. The van der Waals surface area contributed by atoms with Crippen molar-refractivity contribution in [2.45, 2.75) is 89.4 Å². The van der Waals surface area contributed by atoms with Gasteiger partial charge in [0.25, 0.3) is 0 Å². The van der Waals surface area contributed by atoms with Crippen molar-refractivity contribution in [1.29, 1.82) is 0 Å². The Hall–Kier alpha value is -2.20. The van der Waals surface area contributed by atoms with E-state index in [-0.39, 0.29) is 23.8 Å². The van der Waals surface area contributed by atoms with Crippen molar-refractivity contribution in [3.8, 4) is 0 Å². The summed E-state index contributed by atoms with van der Waals surface area (Å²) in [6, 6.07) is -2.77. The van der Waals surface area contributed by atoms with E-state index < -0.39 is 30.0 Å². The molecule has 0 aromatic heterocycles. The van der Waals surface area contributed by atoms with E-state index in [0.717, 1.165) is 25.8 Å². The summed E-state index contributed by atoms with van der Waals surface area (Å²) >= 11 is 0. The molecule has 2 fully saturated rings. The topological polar surface area (TPSA) is 154 Å². The van der Waals surface area contributed by atoms with E-state index in [0.29, 0.717) is 45.2 Å². The van der Waals surface area contributed by atoms with Gasteiger partial charge < -0.3 is 31.7 Å². The van der Waals surface area contributed by atoms with Crippen molar-refractivity contribution in [2.24, 2.45) is 11.7 Å².